The molecule has 0 unspecified atom stereocenters. The maximum absolute atomic E-state index is 8.68. The number of hydrogen-bond donors (Lipinski definition) is 2. The van der Waals surface area contributed by atoms with Crippen LogP contribution < -0.4 is 10.6 Å². The summed E-state index contributed by atoms with van der Waals surface area (Å²) in [6.45, 7) is 7.94. The molecule has 0 spiro atoms. The first-order valence-corrected chi connectivity index (χ1v) is 5.75. The van der Waals surface area contributed by atoms with E-state index < -0.39 is 0 Å². The van der Waals surface area contributed by atoms with Gasteiger partial charge in [0.2, 0.25) is 0 Å². The Morgan fingerprint density at radius 1 is 0.895 bits per heavy atom. The number of carbonyl (C=O) groups excluding carboxylic acids is 1. The van der Waals surface area contributed by atoms with Gasteiger partial charge in [-0.2, -0.15) is 6.92 Å². The third kappa shape index (κ3) is 32.4. The molecule has 1 fully saturated rings. The van der Waals surface area contributed by atoms with Gasteiger partial charge in [-0.05, 0) is 32.6 Å². The molecule has 0 aromatic heterocycles. The molecule has 0 atom stereocenters. The average Bonchev–Trinajstić information content (AvgIpc) is 2.19. The molecule has 1 rings (SSSR count). The zero-order valence-electron chi connectivity index (χ0n) is 12.0. The summed E-state index contributed by atoms with van der Waals surface area (Å²) in [5, 5.41) is 11.2. The molecule has 0 saturated carbocycles. The molecule has 7 heteroatoms. The van der Waals surface area contributed by atoms with Crippen molar-refractivity contribution < 1.29 is 26.5 Å². The quantitative estimate of drug-likeness (QED) is 0.520. The van der Waals surface area contributed by atoms with Crippen LogP contribution in [0.15, 0.2) is 0 Å². The summed E-state index contributed by atoms with van der Waals surface area (Å²) < 4.78 is 0. The van der Waals surface area contributed by atoms with Gasteiger partial charge in [0.05, 0.1) is 0 Å². The van der Waals surface area contributed by atoms with E-state index in [-0.39, 0.29) is 54.0 Å². The van der Waals surface area contributed by atoms with Gasteiger partial charge in [-0.25, -0.2) is 0 Å². The van der Waals surface area contributed by atoms with Crippen LogP contribution in [0.3, 0.4) is 0 Å². The summed E-state index contributed by atoms with van der Waals surface area (Å²) in [7, 11) is 0. The van der Waals surface area contributed by atoms with Gasteiger partial charge in [-0.1, -0.05) is 12.8 Å². The average molecular weight is 349 g/mol. The molecule has 115 valence electrons. The largest absolute Gasteiger partial charge is 3.00 e. The van der Waals surface area contributed by atoms with Crippen LogP contribution >= 0.6 is 24.8 Å². The van der Waals surface area contributed by atoms with Crippen LogP contribution in [0, 0.1) is 7.43 Å². The molecule has 2 N–H and O–H groups in total. The molecule has 4 nitrogen and oxygen atoms in total. The zero-order valence-corrected chi connectivity index (χ0v) is 15.2. The number of hydrogen-bond acceptors (Lipinski definition) is 3. The smallest absolute Gasteiger partial charge is 0.662 e. The van der Waals surface area contributed by atoms with Crippen LogP contribution in [0.25, 0.3) is 5.32 Å². The molecule has 1 aliphatic heterocycles. The summed E-state index contributed by atoms with van der Waals surface area (Å²) in [6.07, 6.45) is 5.15. The summed E-state index contributed by atoms with van der Waals surface area (Å²) in [4.78, 5) is 8.68. The molecule has 0 aromatic carbocycles. The molecular weight excluding hydrogens is 321 g/mol. The Labute approximate surface area is 146 Å². The van der Waals surface area contributed by atoms with E-state index in [4.69, 9.17) is 4.79 Å². The fourth-order valence-electron chi connectivity index (χ4n) is 1.33. The number of rotatable bonds is 0. The normalized spacial score (nSPS) is 15.8. The fourth-order valence-corrected chi connectivity index (χ4v) is 1.33. The minimum absolute atomic E-state index is 0. The SMILES string of the molecule is C1C[N-]CCCNCCCNC1.C[C-]=O.Cl.Cl.[CH3-].[Ti+3]. The number of nitrogens with one attached hydrogen (secondary N) is 2. The Hall–Kier alpha value is 0.844. The van der Waals surface area contributed by atoms with Gasteiger partial charge in [0.25, 0.3) is 0 Å². The van der Waals surface area contributed by atoms with E-state index in [1.807, 2.05) is 0 Å². The Kier molecular flexibility index (Phi) is 52.7. The van der Waals surface area contributed by atoms with Gasteiger partial charge in [0.15, 0.2) is 0 Å². The van der Waals surface area contributed by atoms with Crippen molar-refractivity contribution in [3.05, 3.63) is 12.7 Å². The first-order valence-electron chi connectivity index (χ1n) is 5.75. The predicted octanol–water partition coefficient (Wildman–Crippen LogP) is 2.13. The summed E-state index contributed by atoms with van der Waals surface area (Å²) in [6, 6.07) is 0. The number of halogens is 2. The monoisotopic (exact) mass is 348 g/mol. The second kappa shape index (κ2) is 31.3. The van der Waals surface area contributed by atoms with Crippen LogP contribution in [-0.4, -0.2) is 45.6 Å². The summed E-state index contributed by atoms with van der Waals surface area (Å²) in [5.41, 5.74) is 0. The third-order valence-electron chi connectivity index (χ3n) is 2.05. The van der Waals surface area contributed by atoms with Crippen molar-refractivity contribution in [3.8, 4) is 0 Å². The predicted molar refractivity (Wildman–Crippen MR) is 85.0 cm³/mol. The maximum atomic E-state index is 8.68. The van der Waals surface area contributed by atoms with Crippen molar-refractivity contribution in [2.45, 2.75) is 26.2 Å². The van der Waals surface area contributed by atoms with Crippen molar-refractivity contribution >= 4 is 31.1 Å². The Morgan fingerprint density at radius 3 is 1.58 bits per heavy atom. The van der Waals surface area contributed by atoms with Crippen LogP contribution in [0.1, 0.15) is 26.2 Å². The van der Waals surface area contributed by atoms with Crippen LogP contribution in [0.2, 0.25) is 0 Å². The summed E-state index contributed by atoms with van der Waals surface area (Å²) in [5.74, 6) is 0. The van der Waals surface area contributed by atoms with Crippen LogP contribution in [-0.2, 0) is 26.5 Å². The van der Waals surface area contributed by atoms with E-state index in [0.717, 1.165) is 39.3 Å². The minimum Gasteiger partial charge on any atom is -0.662 e. The molecule has 1 heterocycles. The first-order chi connectivity index (χ1) is 7.41. The molecule has 1 saturated heterocycles. The molecule has 0 aliphatic carbocycles. The van der Waals surface area contributed by atoms with Gasteiger partial charge < -0.3 is 28.2 Å². The van der Waals surface area contributed by atoms with Crippen molar-refractivity contribution in [2.24, 2.45) is 0 Å². The number of nitrogens with zero attached hydrogens (tertiary/aromatic N) is 1. The standard InChI is InChI=1S/C9H20N3.C2H3O.CH3.2ClH.Ti/c1-4-10-6-2-8-12-9-3-7-11-5-1;1-2-3;;;;/h10-11H,1-9H2;1H3;1H3;2*1H;/q3*-1;;;+3. The van der Waals surface area contributed by atoms with Crippen molar-refractivity contribution in [3.63, 3.8) is 0 Å². The van der Waals surface area contributed by atoms with Crippen molar-refractivity contribution in [1.29, 1.82) is 0 Å². The second-order valence-corrected chi connectivity index (χ2v) is 3.44. The summed E-state index contributed by atoms with van der Waals surface area (Å²) >= 11 is 0. The molecule has 0 bridgehead atoms. The Bertz CT molecular complexity index is 103. The van der Waals surface area contributed by atoms with Crippen molar-refractivity contribution in [2.75, 3.05) is 39.3 Å². The van der Waals surface area contributed by atoms with Crippen LogP contribution in [0.4, 0.5) is 0 Å². The topological polar surface area (TPSA) is 55.2 Å². The van der Waals surface area contributed by atoms with E-state index in [2.05, 4.69) is 16.0 Å². The molecule has 0 amide bonds. The van der Waals surface area contributed by atoms with Gasteiger partial charge in [-0.3, -0.25) is 6.29 Å². The van der Waals surface area contributed by atoms with E-state index >= 15 is 0 Å². The van der Waals surface area contributed by atoms with Crippen molar-refractivity contribution in [1.82, 2.24) is 10.6 Å². The maximum Gasteiger partial charge on any atom is 3.00 e. The van der Waals surface area contributed by atoms with Gasteiger partial charge in [0, 0.05) is 0 Å². The first kappa shape index (κ1) is 32.0. The van der Waals surface area contributed by atoms with E-state index in [1.54, 1.807) is 0 Å². The molecule has 19 heavy (non-hydrogen) atoms. The zero-order chi connectivity index (χ0) is 11.2. The second-order valence-electron chi connectivity index (χ2n) is 3.44. The molecule has 1 aliphatic rings. The Balaban J connectivity index is -0.0000000858. The fraction of sp³-hybridized carbons (Fsp3) is 0.833. The Morgan fingerprint density at radius 2 is 1.21 bits per heavy atom. The molecular formula is C12H28Cl2N3OTi. The van der Waals surface area contributed by atoms with Gasteiger partial charge in [-0.15, -0.1) is 37.9 Å². The van der Waals surface area contributed by atoms with Gasteiger partial charge >= 0.3 is 21.7 Å². The van der Waals surface area contributed by atoms with E-state index in [9.17, 15) is 0 Å². The minimum atomic E-state index is 0. The van der Waals surface area contributed by atoms with E-state index in [0.29, 0.717) is 0 Å². The van der Waals surface area contributed by atoms with Crippen LogP contribution in [0.5, 0.6) is 0 Å². The van der Waals surface area contributed by atoms with E-state index in [1.165, 1.54) is 32.5 Å². The third-order valence-corrected chi connectivity index (χ3v) is 2.05. The van der Waals surface area contributed by atoms with Gasteiger partial charge in [0.1, 0.15) is 0 Å². The molecule has 0 aromatic rings. The molecule has 1 radical (unpaired) electrons.